The van der Waals surface area contributed by atoms with Crippen LogP contribution in [0.5, 0.6) is 0 Å². The zero-order valence-electron chi connectivity index (χ0n) is 20.0. The highest BCUT2D eigenvalue weighted by molar-refractivity contribution is 7.13. The highest BCUT2D eigenvalue weighted by atomic mass is 35.5. The summed E-state index contributed by atoms with van der Waals surface area (Å²) >= 11 is 6.60. The van der Waals surface area contributed by atoms with E-state index in [0.717, 1.165) is 34.1 Å². The molecule has 9 nitrogen and oxygen atoms in total. The molecule has 198 valence electrons. The predicted molar refractivity (Wildman–Crippen MR) is 139 cm³/mol. The second kappa shape index (κ2) is 10.5. The van der Waals surface area contributed by atoms with Gasteiger partial charge in [0.25, 0.3) is 5.91 Å². The summed E-state index contributed by atoms with van der Waals surface area (Å²) in [6.07, 6.45) is 2.23. The second-order valence-corrected chi connectivity index (χ2v) is 9.99. The van der Waals surface area contributed by atoms with Crippen molar-refractivity contribution in [1.82, 2.24) is 29.9 Å². The Labute approximate surface area is 227 Å². The van der Waals surface area contributed by atoms with Crippen molar-refractivity contribution in [3.05, 3.63) is 81.5 Å². The molecule has 0 aliphatic carbocycles. The summed E-state index contributed by atoms with van der Waals surface area (Å²) in [5, 5.41) is 3.15. The van der Waals surface area contributed by atoms with Crippen molar-refractivity contribution >= 4 is 51.5 Å². The maximum atomic E-state index is 13.1. The van der Waals surface area contributed by atoms with Gasteiger partial charge in [-0.25, -0.2) is 24.9 Å². The Balaban J connectivity index is 1.26. The number of ketones is 1. The molecule has 0 aliphatic heterocycles. The zero-order valence-corrected chi connectivity index (χ0v) is 21.5. The Morgan fingerprint density at radius 1 is 1.08 bits per heavy atom. The van der Waals surface area contributed by atoms with E-state index in [4.69, 9.17) is 11.6 Å². The van der Waals surface area contributed by atoms with E-state index in [1.54, 1.807) is 25.4 Å². The van der Waals surface area contributed by atoms with E-state index in [0.29, 0.717) is 16.8 Å². The van der Waals surface area contributed by atoms with Crippen LogP contribution < -0.4 is 5.32 Å². The van der Waals surface area contributed by atoms with Crippen molar-refractivity contribution in [2.75, 3.05) is 5.32 Å². The van der Waals surface area contributed by atoms with Gasteiger partial charge in [0.05, 0.1) is 27.5 Å². The van der Waals surface area contributed by atoms with E-state index in [9.17, 15) is 22.8 Å². The van der Waals surface area contributed by atoms with Gasteiger partial charge in [-0.05, 0) is 24.3 Å². The highest BCUT2D eigenvalue weighted by Crippen LogP contribution is 2.35. The number of halogens is 4. The zero-order chi connectivity index (χ0) is 27.7. The number of anilines is 1. The molecule has 1 unspecified atom stereocenters. The fraction of sp³-hybridized carbons (Fsp3) is 0.160. The highest BCUT2D eigenvalue weighted by Gasteiger charge is 2.34. The average Bonchev–Trinajstić information content (AvgIpc) is 3.59. The molecule has 1 atom stereocenters. The first-order valence-electron chi connectivity index (χ1n) is 11.4. The number of aromatic nitrogens is 6. The minimum Gasteiger partial charge on any atom is -0.346 e. The Hall–Kier alpha value is -4.23. The van der Waals surface area contributed by atoms with Crippen molar-refractivity contribution < 1.29 is 22.8 Å². The van der Waals surface area contributed by atoms with E-state index in [1.807, 2.05) is 12.1 Å². The second-order valence-electron chi connectivity index (χ2n) is 8.52. The van der Waals surface area contributed by atoms with Crippen LogP contribution in [0.2, 0.25) is 5.02 Å². The molecular weight excluding hydrogens is 555 g/mol. The Bertz CT molecular complexity index is 1700. The van der Waals surface area contributed by atoms with Gasteiger partial charge < -0.3 is 10.3 Å². The molecule has 0 aliphatic rings. The van der Waals surface area contributed by atoms with Crippen LogP contribution in [0, 0.1) is 0 Å². The summed E-state index contributed by atoms with van der Waals surface area (Å²) < 4.78 is 39.3. The number of carbonyl (C=O) groups is 2. The molecule has 2 N–H and O–H groups in total. The summed E-state index contributed by atoms with van der Waals surface area (Å²) in [7, 11) is 0. The molecule has 0 bridgehead atoms. The Morgan fingerprint density at radius 2 is 1.90 bits per heavy atom. The number of Topliss-reactive ketones (excluding diaryl/α,β-unsaturated/α-hetero) is 1. The summed E-state index contributed by atoms with van der Waals surface area (Å²) in [5.41, 5.74) is 1.14. The third kappa shape index (κ3) is 5.78. The van der Waals surface area contributed by atoms with Crippen LogP contribution in [-0.4, -0.2) is 41.6 Å². The van der Waals surface area contributed by atoms with E-state index >= 15 is 0 Å². The minimum atomic E-state index is -4.70. The third-order valence-electron chi connectivity index (χ3n) is 5.71. The lowest BCUT2D eigenvalue weighted by Gasteiger charge is -2.10. The Kier molecular flexibility index (Phi) is 7.10. The van der Waals surface area contributed by atoms with Crippen LogP contribution in [0.1, 0.15) is 50.0 Å². The molecule has 0 fully saturated rings. The number of nitrogens with zero attached hydrogens (tertiary/aromatic N) is 5. The number of thiazole rings is 1. The first kappa shape index (κ1) is 26.4. The largest absolute Gasteiger partial charge is 0.418 e. The molecule has 1 amide bonds. The van der Waals surface area contributed by atoms with Crippen LogP contribution in [0.25, 0.3) is 22.3 Å². The van der Waals surface area contributed by atoms with Gasteiger partial charge in [0.1, 0.15) is 28.4 Å². The normalized spacial score (nSPS) is 12.4. The fourth-order valence-electron chi connectivity index (χ4n) is 3.74. The number of aromatic amines is 1. The smallest absolute Gasteiger partial charge is 0.346 e. The number of rotatable bonds is 7. The minimum absolute atomic E-state index is 0.0633. The maximum Gasteiger partial charge on any atom is 0.418 e. The van der Waals surface area contributed by atoms with Gasteiger partial charge >= 0.3 is 6.18 Å². The molecule has 39 heavy (non-hydrogen) atoms. The molecular formula is C25H17ClF3N7O2S. The SMILES string of the molecule is CC(CC(=O)c1cc(-c2cnc3[nH]ccc3c2)ncn1)c1ncc(C(=O)Nc2cc(C(F)(F)F)c(Cl)cn2)s1. The van der Waals surface area contributed by atoms with Crippen LogP contribution in [0.4, 0.5) is 19.0 Å². The number of hydrogen-bond acceptors (Lipinski definition) is 8. The maximum absolute atomic E-state index is 13.1. The molecule has 0 radical (unpaired) electrons. The number of carbonyl (C=O) groups excluding carboxylic acids is 2. The van der Waals surface area contributed by atoms with Crippen LogP contribution >= 0.6 is 22.9 Å². The van der Waals surface area contributed by atoms with E-state index in [2.05, 4.69) is 35.2 Å². The van der Waals surface area contributed by atoms with E-state index in [1.165, 1.54) is 12.5 Å². The van der Waals surface area contributed by atoms with Gasteiger partial charge in [-0.2, -0.15) is 13.2 Å². The van der Waals surface area contributed by atoms with Crippen molar-refractivity contribution in [2.45, 2.75) is 25.4 Å². The number of amides is 1. The lowest BCUT2D eigenvalue weighted by Crippen LogP contribution is -2.13. The summed E-state index contributed by atoms with van der Waals surface area (Å²) in [4.78, 5) is 49.4. The Morgan fingerprint density at radius 3 is 2.69 bits per heavy atom. The first-order valence-corrected chi connectivity index (χ1v) is 12.6. The predicted octanol–water partition coefficient (Wildman–Crippen LogP) is 6.17. The van der Waals surface area contributed by atoms with E-state index in [-0.39, 0.29) is 34.5 Å². The van der Waals surface area contributed by atoms with Crippen molar-refractivity contribution in [3.63, 3.8) is 0 Å². The number of nitrogens with one attached hydrogen (secondary N) is 2. The quantitative estimate of drug-likeness (QED) is 0.224. The van der Waals surface area contributed by atoms with Gasteiger partial charge in [0.2, 0.25) is 0 Å². The van der Waals surface area contributed by atoms with Crippen LogP contribution in [0.3, 0.4) is 0 Å². The van der Waals surface area contributed by atoms with Crippen LogP contribution in [0.15, 0.2) is 55.4 Å². The number of fused-ring (bicyclic) bond motifs is 1. The average molecular weight is 572 g/mol. The lowest BCUT2D eigenvalue weighted by atomic mass is 10.0. The monoisotopic (exact) mass is 571 g/mol. The first-order chi connectivity index (χ1) is 18.6. The van der Waals surface area contributed by atoms with Crippen molar-refractivity contribution in [3.8, 4) is 11.3 Å². The molecule has 5 aromatic heterocycles. The summed E-state index contributed by atoms with van der Waals surface area (Å²) in [6, 6.07) is 6.05. The fourth-order valence-corrected chi connectivity index (χ4v) is 4.82. The molecule has 5 aromatic rings. The summed E-state index contributed by atoms with van der Waals surface area (Å²) in [6.45, 7) is 1.78. The molecule has 0 saturated carbocycles. The van der Waals surface area contributed by atoms with Crippen molar-refractivity contribution in [2.24, 2.45) is 0 Å². The van der Waals surface area contributed by atoms with Gasteiger partial charge in [-0.3, -0.25) is 9.59 Å². The third-order valence-corrected chi connectivity index (χ3v) is 7.24. The molecule has 5 heterocycles. The number of alkyl halides is 3. The number of H-pyrrole nitrogens is 1. The van der Waals surface area contributed by atoms with Crippen molar-refractivity contribution in [1.29, 1.82) is 0 Å². The van der Waals surface area contributed by atoms with Crippen LogP contribution in [-0.2, 0) is 6.18 Å². The summed E-state index contributed by atoms with van der Waals surface area (Å²) in [5.74, 6) is -1.59. The molecule has 5 rings (SSSR count). The van der Waals surface area contributed by atoms with E-state index < -0.39 is 22.7 Å². The molecule has 0 aromatic carbocycles. The molecule has 14 heteroatoms. The van der Waals surface area contributed by atoms with Gasteiger partial charge in [0.15, 0.2) is 5.78 Å². The topological polar surface area (TPSA) is 126 Å². The number of hydrogen-bond donors (Lipinski definition) is 2. The van der Waals surface area contributed by atoms with Gasteiger partial charge in [0, 0.05) is 41.9 Å². The molecule has 0 spiro atoms. The van der Waals surface area contributed by atoms with Gasteiger partial charge in [-0.1, -0.05) is 18.5 Å². The van der Waals surface area contributed by atoms with Gasteiger partial charge in [-0.15, -0.1) is 11.3 Å². The molecule has 0 saturated heterocycles. The lowest BCUT2D eigenvalue weighted by molar-refractivity contribution is -0.137. The number of pyridine rings is 2. The standard InChI is InChI=1S/C25H17ClF3N7O2S/c1-12(4-19(37)18-7-17(34-11-35-18)14-5-13-2-3-30-22(13)32-8-14)24-33-10-20(39-24)23(38)36-21-6-15(25(27,28)29)16(26)9-31-21/h2-3,5-12H,4H2,1H3,(H,30,32)(H,31,36,38).